The summed E-state index contributed by atoms with van der Waals surface area (Å²) in [5.74, 6) is 0.0386. The Labute approximate surface area is 123 Å². The topological polar surface area (TPSA) is 52.6 Å². The van der Waals surface area contributed by atoms with E-state index in [4.69, 9.17) is 9.47 Å². The molecule has 3 rings (SSSR count). The largest absolute Gasteiger partial charge is 0.482 e. The molecule has 0 saturated carbocycles. The molecule has 21 heavy (non-hydrogen) atoms. The van der Waals surface area contributed by atoms with Crippen LogP contribution in [0.3, 0.4) is 0 Å². The minimum absolute atomic E-state index is 0.0944. The second-order valence-electron chi connectivity index (χ2n) is 5.29. The molecular weight excluding hydrogens is 268 g/mol. The fraction of sp³-hybridized carbons (Fsp3) is 0.412. The van der Waals surface area contributed by atoms with Gasteiger partial charge >= 0.3 is 5.97 Å². The molecule has 0 unspecified atom stereocenters. The normalized spacial score (nSPS) is 24.5. The number of benzene rings is 1. The molecule has 4 heteroatoms. The van der Waals surface area contributed by atoms with E-state index in [0.29, 0.717) is 24.4 Å². The first kappa shape index (κ1) is 13.9. The Kier molecular flexibility index (Phi) is 3.78. The van der Waals surface area contributed by atoms with Crippen molar-refractivity contribution in [3.8, 4) is 0 Å². The van der Waals surface area contributed by atoms with Gasteiger partial charge in [0.2, 0.25) is 6.10 Å². The van der Waals surface area contributed by atoms with Crippen LogP contribution in [-0.2, 0) is 19.1 Å². The SMILES string of the molecule is CCOC(=O)[C@H]1OC2=C(C(=O)CCC2)[C@@H]1c1ccccc1. The number of carbonyl (C=O) groups is 2. The maximum Gasteiger partial charge on any atom is 0.348 e. The van der Waals surface area contributed by atoms with Gasteiger partial charge in [-0.25, -0.2) is 4.79 Å². The average molecular weight is 286 g/mol. The third-order valence-electron chi connectivity index (χ3n) is 3.97. The van der Waals surface area contributed by atoms with Crippen LogP contribution in [0.1, 0.15) is 37.7 Å². The highest BCUT2D eigenvalue weighted by atomic mass is 16.6. The predicted molar refractivity (Wildman–Crippen MR) is 76.6 cm³/mol. The third kappa shape index (κ3) is 2.46. The Bertz CT molecular complexity index is 588. The lowest BCUT2D eigenvalue weighted by Crippen LogP contribution is -2.30. The van der Waals surface area contributed by atoms with Crippen molar-refractivity contribution in [3.05, 3.63) is 47.2 Å². The summed E-state index contributed by atoms with van der Waals surface area (Å²) >= 11 is 0. The molecule has 0 radical (unpaired) electrons. The van der Waals surface area contributed by atoms with Crippen molar-refractivity contribution in [2.24, 2.45) is 0 Å². The summed E-state index contributed by atoms with van der Waals surface area (Å²) in [6, 6.07) is 9.58. The van der Waals surface area contributed by atoms with Crippen molar-refractivity contribution in [1.29, 1.82) is 0 Å². The summed E-state index contributed by atoms with van der Waals surface area (Å²) < 4.78 is 10.9. The number of ketones is 1. The van der Waals surface area contributed by atoms with E-state index in [1.54, 1.807) is 6.92 Å². The minimum Gasteiger partial charge on any atom is -0.482 e. The van der Waals surface area contributed by atoms with Crippen LogP contribution in [0, 0.1) is 0 Å². The number of rotatable bonds is 3. The lowest BCUT2D eigenvalue weighted by atomic mass is 9.82. The summed E-state index contributed by atoms with van der Waals surface area (Å²) in [6.45, 7) is 2.07. The van der Waals surface area contributed by atoms with Crippen LogP contribution in [-0.4, -0.2) is 24.5 Å². The van der Waals surface area contributed by atoms with Crippen LogP contribution in [0.2, 0.25) is 0 Å². The van der Waals surface area contributed by atoms with Gasteiger partial charge in [-0.3, -0.25) is 4.79 Å². The highest BCUT2D eigenvalue weighted by Crippen LogP contribution is 2.44. The Balaban J connectivity index is 2.01. The van der Waals surface area contributed by atoms with Crippen molar-refractivity contribution < 1.29 is 19.1 Å². The van der Waals surface area contributed by atoms with Crippen molar-refractivity contribution >= 4 is 11.8 Å². The molecule has 0 bridgehead atoms. The quantitative estimate of drug-likeness (QED) is 0.802. The number of esters is 1. The van der Waals surface area contributed by atoms with Gasteiger partial charge in [0.15, 0.2) is 5.78 Å². The fourth-order valence-electron chi connectivity index (χ4n) is 3.09. The van der Waals surface area contributed by atoms with Gasteiger partial charge < -0.3 is 9.47 Å². The maximum absolute atomic E-state index is 12.3. The molecule has 1 aliphatic heterocycles. The van der Waals surface area contributed by atoms with Crippen LogP contribution in [0.15, 0.2) is 41.7 Å². The molecule has 0 saturated heterocycles. The molecule has 4 nitrogen and oxygen atoms in total. The molecule has 1 heterocycles. The molecular formula is C17H18O4. The lowest BCUT2D eigenvalue weighted by molar-refractivity contribution is -0.153. The Hall–Kier alpha value is -2.10. The van der Waals surface area contributed by atoms with E-state index in [0.717, 1.165) is 18.4 Å². The number of hydrogen-bond acceptors (Lipinski definition) is 4. The molecule has 1 aromatic carbocycles. The number of carbonyl (C=O) groups excluding carboxylic acids is 2. The van der Waals surface area contributed by atoms with Crippen LogP contribution in [0.5, 0.6) is 0 Å². The van der Waals surface area contributed by atoms with E-state index >= 15 is 0 Å². The number of hydrogen-bond donors (Lipinski definition) is 0. The summed E-state index contributed by atoms with van der Waals surface area (Å²) in [5, 5.41) is 0. The average Bonchev–Trinajstić information content (AvgIpc) is 2.89. The summed E-state index contributed by atoms with van der Waals surface area (Å²) in [6.07, 6.45) is 1.30. The number of ether oxygens (including phenoxy) is 2. The van der Waals surface area contributed by atoms with E-state index < -0.39 is 12.1 Å². The highest BCUT2D eigenvalue weighted by molar-refractivity contribution is 6.00. The Morgan fingerprint density at radius 1 is 1.29 bits per heavy atom. The second kappa shape index (κ2) is 5.72. The molecule has 1 aliphatic carbocycles. The first-order valence-electron chi connectivity index (χ1n) is 7.37. The van der Waals surface area contributed by atoms with E-state index in [-0.39, 0.29) is 11.7 Å². The lowest BCUT2D eigenvalue weighted by Gasteiger charge is -2.19. The van der Waals surface area contributed by atoms with Gasteiger partial charge in [-0.05, 0) is 18.9 Å². The number of allylic oxidation sites excluding steroid dienone is 1. The van der Waals surface area contributed by atoms with Gasteiger partial charge in [0.1, 0.15) is 5.76 Å². The van der Waals surface area contributed by atoms with Crippen molar-refractivity contribution in [2.75, 3.05) is 6.61 Å². The zero-order valence-electron chi connectivity index (χ0n) is 12.0. The van der Waals surface area contributed by atoms with Gasteiger partial charge in [0.25, 0.3) is 0 Å². The fourth-order valence-corrected chi connectivity index (χ4v) is 3.09. The monoisotopic (exact) mass is 286 g/mol. The molecule has 110 valence electrons. The van der Waals surface area contributed by atoms with Crippen LogP contribution in [0.4, 0.5) is 0 Å². The minimum atomic E-state index is -0.737. The first-order chi connectivity index (χ1) is 10.2. The predicted octanol–water partition coefficient (Wildman–Crippen LogP) is 2.74. The van der Waals surface area contributed by atoms with Gasteiger partial charge in [0, 0.05) is 18.4 Å². The second-order valence-corrected chi connectivity index (χ2v) is 5.29. The Morgan fingerprint density at radius 3 is 2.76 bits per heavy atom. The van der Waals surface area contributed by atoms with Gasteiger partial charge in [-0.15, -0.1) is 0 Å². The van der Waals surface area contributed by atoms with Crippen LogP contribution in [0.25, 0.3) is 0 Å². The molecule has 2 atom stereocenters. The summed E-state index contributed by atoms with van der Waals surface area (Å²) in [7, 11) is 0. The smallest absolute Gasteiger partial charge is 0.348 e. The van der Waals surface area contributed by atoms with Crippen LogP contribution < -0.4 is 0 Å². The zero-order valence-corrected chi connectivity index (χ0v) is 12.0. The van der Waals surface area contributed by atoms with E-state index in [1.807, 2.05) is 30.3 Å². The molecule has 0 N–H and O–H groups in total. The summed E-state index contributed by atoms with van der Waals surface area (Å²) in [5.41, 5.74) is 1.60. The van der Waals surface area contributed by atoms with Gasteiger partial charge in [-0.1, -0.05) is 30.3 Å². The van der Waals surface area contributed by atoms with E-state index in [1.165, 1.54) is 0 Å². The third-order valence-corrected chi connectivity index (χ3v) is 3.97. The first-order valence-corrected chi connectivity index (χ1v) is 7.37. The molecule has 1 aromatic rings. The molecule has 0 fully saturated rings. The van der Waals surface area contributed by atoms with Gasteiger partial charge in [0.05, 0.1) is 12.5 Å². The van der Waals surface area contributed by atoms with Gasteiger partial charge in [-0.2, -0.15) is 0 Å². The van der Waals surface area contributed by atoms with Crippen molar-refractivity contribution in [1.82, 2.24) is 0 Å². The Morgan fingerprint density at radius 2 is 2.05 bits per heavy atom. The standard InChI is InChI=1S/C17H18O4/c1-2-20-17(19)16-14(11-7-4-3-5-8-11)15-12(18)9-6-10-13(15)21-16/h3-5,7-8,14,16H,2,6,9-10H2,1H3/t14-,16-/m0/s1. The highest BCUT2D eigenvalue weighted by Gasteiger charge is 2.46. The molecule has 0 aromatic heterocycles. The molecule has 0 amide bonds. The summed E-state index contributed by atoms with van der Waals surface area (Å²) in [4.78, 5) is 24.5. The van der Waals surface area contributed by atoms with E-state index in [2.05, 4.69) is 0 Å². The van der Waals surface area contributed by atoms with E-state index in [9.17, 15) is 9.59 Å². The van der Waals surface area contributed by atoms with Crippen LogP contribution >= 0.6 is 0 Å². The maximum atomic E-state index is 12.3. The van der Waals surface area contributed by atoms with Crippen molar-refractivity contribution in [3.63, 3.8) is 0 Å². The number of Topliss-reactive ketones (excluding diaryl/α,β-unsaturated/α-hetero) is 1. The zero-order chi connectivity index (χ0) is 14.8. The van der Waals surface area contributed by atoms with Crippen molar-refractivity contribution in [2.45, 2.75) is 38.2 Å². The molecule has 2 aliphatic rings. The molecule has 0 spiro atoms.